The third kappa shape index (κ3) is 6.45. The Morgan fingerprint density at radius 1 is 1.04 bits per heavy atom. The molecule has 1 N–H and O–H groups in total. The zero-order valence-electron chi connectivity index (χ0n) is 18.0. The fraction of sp³-hybridized carbons (Fsp3) is 0.708. The predicted molar refractivity (Wildman–Crippen MR) is 122 cm³/mol. The number of ether oxygens (including phenoxy) is 1. The van der Waals surface area contributed by atoms with Crippen molar-refractivity contribution in [3.8, 4) is 0 Å². The number of nitrogens with zero attached hydrogens (tertiary/aromatic N) is 1. The molecule has 1 aromatic rings. The summed E-state index contributed by atoms with van der Waals surface area (Å²) in [7, 11) is 0. The standard InChI is InChI=1S/C24H38N2OS/c1-24(2,3)20-14-12-19(13-15-20)17-26(18-22-11-8-16-27-22)23(28)25-21-9-6-4-5-7-10-21/h12-15,21-22H,4-11,16-18H2,1-3H3,(H,25,28)/t22-/m0/s1. The largest absolute Gasteiger partial charge is 0.376 e. The molecule has 2 fully saturated rings. The first-order valence-corrected chi connectivity index (χ1v) is 11.6. The second-order valence-electron chi connectivity index (χ2n) is 9.60. The van der Waals surface area contributed by atoms with Crippen molar-refractivity contribution in [2.24, 2.45) is 0 Å². The highest BCUT2D eigenvalue weighted by molar-refractivity contribution is 7.80. The molecule has 2 aliphatic rings. The van der Waals surface area contributed by atoms with Gasteiger partial charge in [-0.25, -0.2) is 0 Å². The van der Waals surface area contributed by atoms with E-state index in [1.54, 1.807) is 0 Å². The molecule has 1 aromatic carbocycles. The Balaban J connectivity index is 1.66. The summed E-state index contributed by atoms with van der Waals surface area (Å²) in [4.78, 5) is 2.34. The first kappa shape index (κ1) is 21.6. The van der Waals surface area contributed by atoms with Crippen molar-refractivity contribution < 1.29 is 4.74 Å². The van der Waals surface area contributed by atoms with Crippen molar-refractivity contribution in [1.82, 2.24) is 10.2 Å². The molecule has 1 atom stereocenters. The Bertz CT molecular complexity index is 608. The Labute approximate surface area is 177 Å². The molecule has 3 nitrogen and oxygen atoms in total. The van der Waals surface area contributed by atoms with E-state index in [0.717, 1.165) is 31.2 Å². The van der Waals surface area contributed by atoms with Crippen LogP contribution in [0.3, 0.4) is 0 Å². The lowest BCUT2D eigenvalue weighted by molar-refractivity contribution is 0.0895. The van der Waals surface area contributed by atoms with Crippen LogP contribution in [0.15, 0.2) is 24.3 Å². The third-order valence-corrected chi connectivity index (χ3v) is 6.49. The third-order valence-electron chi connectivity index (χ3n) is 6.11. The lowest BCUT2D eigenvalue weighted by Crippen LogP contribution is -2.46. The van der Waals surface area contributed by atoms with Gasteiger partial charge >= 0.3 is 0 Å². The van der Waals surface area contributed by atoms with Crippen molar-refractivity contribution in [3.05, 3.63) is 35.4 Å². The van der Waals surface area contributed by atoms with Crippen LogP contribution in [0.25, 0.3) is 0 Å². The molecule has 156 valence electrons. The maximum absolute atomic E-state index is 5.92. The highest BCUT2D eigenvalue weighted by atomic mass is 32.1. The van der Waals surface area contributed by atoms with Gasteiger partial charge in [0.15, 0.2) is 5.11 Å². The molecule has 0 unspecified atom stereocenters. The van der Waals surface area contributed by atoms with Gasteiger partial charge in [-0.05, 0) is 54.4 Å². The van der Waals surface area contributed by atoms with Gasteiger partial charge in [0.1, 0.15) is 0 Å². The van der Waals surface area contributed by atoms with Gasteiger partial charge in [-0.3, -0.25) is 0 Å². The van der Waals surface area contributed by atoms with E-state index in [2.05, 4.69) is 55.3 Å². The van der Waals surface area contributed by atoms with E-state index in [0.29, 0.717) is 12.1 Å². The monoisotopic (exact) mass is 402 g/mol. The van der Waals surface area contributed by atoms with Crippen LogP contribution in [0.5, 0.6) is 0 Å². The fourth-order valence-electron chi connectivity index (χ4n) is 4.27. The predicted octanol–water partition coefficient (Wildman–Crippen LogP) is 5.56. The van der Waals surface area contributed by atoms with Gasteiger partial charge in [0.05, 0.1) is 6.10 Å². The van der Waals surface area contributed by atoms with Crippen LogP contribution in [-0.2, 0) is 16.7 Å². The summed E-state index contributed by atoms with van der Waals surface area (Å²) < 4.78 is 5.92. The highest BCUT2D eigenvalue weighted by Crippen LogP contribution is 2.23. The van der Waals surface area contributed by atoms with Crippen molar-refractivity contribution in [3.63, 3.8) is 0 Å². The number of hydrogen-bond acceptors (Lipinski definition) is 2. The molecule has 0 aromatic heterocycles. The molecular formula is C24H38N2OS. The summed E-state index contributed by atoms with van der Waals surface area (Å²) in [5, 5.41) is 4.60. The zero-order chi connectivity index (χ0) is 20.0. The highest BCUT2D eigenvalue weighted by Gasteiger charge is 2.23. The molecule has 4 heteroatoms. The second-order valence-corrected chi connectivity index (χ2v) is 9.99. The Kier molecular flexibility index (Phi) is 7.76. The Morgan fingerprint density at radius 3 is 2.29 bits per heavy atom. The average Bonchev–Trinajstić information content (AvgIpc) is 3.03. The molecule has 1 aliphatic heterocycles. The van der Waals surface area contributed by atoms with E-state index in [1.807, 2.05) is 0 Å². The van der Waals surface area contributed by atoms with Gasteiger partial charge in [0.25, 0.3) is 0 Å². The Hall–Kier alpha value is -1.13. The van der Waals surface area contributed by atoms with Crippen LogP contribution in [0.1, 0.15) is 83.3 Å². The van der Waals surface area contributed by atoms with E-state index in [9.17, 15) is 0 Å². The molecule has 0 bridgehead atoms. The summed E-state index contributed by atoms with van der Waals surface area (Å²) in [6, 6.07) is 9.59. The van der Waals surface area contributed by atoms with Crippen molar-refractivity contribution in [2.75, 3.05) is 13.2 Å². The average molecular weight is 403 g/mol. The van der Waals surface area contributed by atoms with Gasteiger partial charge in [0.2, 0.25) is 0 Å². The van der Waals surface area contributed by atoms with Gasteiger partial charge < -0.3 is 15.0 Å². The minimum absolute atomic E-state index is 0.187. The van der Waals surface area contributed by atoms with Gasteiger partial charge in [-0.2, -0.15) is 0 Å². The minimum Gasteiger partial charge on any atom is -0.376 e. The maximum Gasteiger partial charge on any atom is 0.169 e. The summed E-state index contributed by atoms with van der Waals surface area (Å²) in [5.74, 6) is 0. The number of benzene rings is 1. The molecule has 0 spiro atoms. The van der Waals surface area contributed by atoms with E-state index < -0.39 is 0 Å². The van der Waals surface area contributed by atoms with Crippen LogP contribution in [0, 0.1) is 0 Å². The summed E-state index contributed by atoms with van der Waals surface area (Å²) in [5.41, 5.74) is 2.88. The Morgan fingerprint density at radius 2 is 1.71 bits per heavy atom. The fourth-order valence-corrected chi connectivity index (χ4v) is 4.58. The first-order chi connectivity index (χ1) is 13.4. The molecule has 1 saturated carbocycles. The SMILES string of the molecule is CC(C)(C)c1ccc(CN(C[C@@H]2CCCO2)C(=S)NC2CCCCCC2)cc1. The van der Waals surface area contributed by atoms with Crippen LogP contribution in [0.4, 0.5) is 0 Å². The minimum atomic E-state index is 0.187. The number of nitrogens with one attached hydrogen (secondary N) is 1. The molecule has 1 saturated heterocycles. The molecule has 1 aliphatic carbocycles. The zero-order valence-corrected chi connectivity index (χ0v) is 18.8. The summed E-state index contributed by atoms with van der Waals surface area (Å²) in [6.45, 7) is 9.41. The van der Waals surface area contributed by atoms with Crippen LogP contribution < -0.4 is 5.32 Å². The maximum atomic E-state index is 5.92. The van der Waals surface area contributed by atoms with E-state index in [1.165, 1.54) is 56.1 Å². The lowest BCUT2D eigenvalue weighted by Gasteiger charge is -2.31. The van der Waals surface area contributed by atoms with E-state index >= 15 is 0 Å². The molecule has 3 rings (SSSR count). The van der Waals surface area contributed by atoms with E-state index in [4.69, 9.17) is 17.0 Å². The van der Waals surface area contributed by atoms with Gasteiger partial charge in [-0.15, -0.1) is 0 Å². The van der Waals surface area contributed by atoms with Gasteiger partial charge in [0, 0.05) is 25.7 Å². The second kappa shape index (κ2) is 10.1. The number of rotatable bonds is 5. The molecule has 0 amide bonds. The smallest absolute Gasteiger partial charge is 0.169 e. The van der Waals surface area contributed by atoms with E-state index in [-0.39, 0.29) is 5.41 Å². The molecular weight excluding hydrogens is 364 g/mol. The summed E-state index contributed by atoms with van der Waals surface area (Å²) >= 11 is 5.88. The first-order valence-electron chi connectivity index (χ1n) is 11.2. The normalized spacial score (nSPS) is 21.3. The van der Waals surface area contributed by atoms with Gasteiger partial charge in [-0.1, -0.05) is 70.7 Å². The topological polar surface area (TPSA) is 24.5 Å². The molecule has 28 heavy (non-hydrogen) atoms. The van der Waals surface area contributed by atoms with Crippen LogP contribution in [0.2, 0.25) is 0 Å². The van der Waals surface area contributed by atoms with Crippen LogP contribution in [-0.4, -0.2) is 35.3 Å². The quantitative estimate of drug-likeness (QED) is 0.514. The van der Waals surface area contributed by atoms with Crippen molar-refractivity contribution in [1.29, 1.82) is 0 Å². The number of hydrogen-bond donors (Lipinski definition) is 1. The van der Waals surface area contributed by atoms with Crippen molar-refractivity contribution >= 4 is 17.3 Å². The molecule has 0 radical (unpaired) electrons. The lowest BCUT2D eigenvalue weighted by atomic mass is 9.87. The van der Waals surface area contributed by atoms with Crippen LogP contribution >= 0.6 is 12.2 Å². The van der Waals surface area contributed by atoms with Crippen molar-refractivity contribution in [2.45, 2.75) is 96.2 Å². The number of thiocarbonyl (C=S) groups is 1. The molecule has 1 heterocycles. The summed E-state index contributed by atoms with van der Waals surface area (Å²) in [6.07, 6.45) is 10.5.